The molecule has 0 radical (unpaired) electrons. The van der Waals surface area contributed by atoms with E-state index in [0.29, 0.717) is 35.1 Å². The average Bonchev–Trinajstić information content (AvgIpc) is 2.65. The second kappa shape index (κ2) is 7.26. The minimum Gasteiger partial charge on any atom is -0.396 e. The summed E-state index contributed by atoms with van der Waals surface area (Å²) in [5, 5.41) is 18.6. The number of carbonyl (C=O) groups excluding carboxylic acids is 2. The van der Waals surface area contributed by atoms with Gasteiger partial charge in [-0.25, -0.2) is 0 Å². The molecule has 2 aromatic rings. The zero-order valence-corrected chi connectivity index (χ0v) is 17.0. The largest absolute Gasteiger partial charge is 0.396 e. The number of benzene rings is 2. The van der Waals surface area contributed by atoms with Crippen LogP contribution in [0.2, 0.25) is 0 Å². The maximum absolute atomic E-state index is 13.1. The highest BCUT2D eigenvalue weighted by molar-refractivity contribution is 6.28. The number of carbonyl (C=O) groups is 2. The Balaban J connectivity index is 2.08. The Labute approximate surface area is 166 Å². The van der Waals surface area contributed by atoms with Crippen LogP contribution in [-0.4, -0.2) is 35.0 Å². The fourth-order valence-electron chi connectivity index (χ4n) is 3.84. The Morgan fingerprint density at radius 3 is 1.32 bits per heavy atom. The topological polar surface area (TPSA) is 74.6 Å². The normalized spacial score (nSPS) is 14.1. The van der Waals surface area contributed by atoms with Crippen molar-refractivity contribution in [3.63, 3.8) is 0 Å². The van der Waals surface area contributed by atoms with E-state index in [1.807, 2.05) is 39.8 Å². The van der Waals surface area contributed by atoms with E-state index in [2.05, 4.69) is 0 Å². The lowest BCUT2D eigenvalue weighted by molar-refractivity contribution is 0.0978. The number of hydrogen-bond donors (Lipinski definition) is 2. The quantitative estimate of drug-likeness (QED) is 0.682. The molecule has 0 bridgehead atoms. The van der Waals surface area contributed by atoms with Crippen LogP contribution in [0.1, 0.15) is 83.5 Å². The molecule has 0 heterocycles. The molecule has 0 aliphatic heterocycles. The lowest BCUT2D eigenvalue weighted by Gasteiger charge is -2.28. The molecule has 0 saturated heterocycles. The molecule has 2 aromatic carbocycles. The minimum atomic E-state index is -0.286. The third kappa shape index (κ3) is 3.43. The zero-order valence-electron chi connectivity index (χ0n) is 17.0. The van der Waals surface area contributed by atoms with Crippen LogP contribution in [0.3, 0.4) is 0 Å². The molecule has 1 aliphatic carbocycles. The number of aliphatic hydroxyl groups excluding tert-OH is 2. The summed E-state index contributed by atoms with van der Waals surface area (Å²) in [6.45, 7) is 8.19. The van der Waals surface area contributed by atoms with Gasteiger partial charge in [-0.05, 0) is 59.1 Å². The highest BCUT2D eigenvalue weighted by atomic mass is 16.3. The first-order valence-corrected chi connectivity index (χ1v) is 9.72. The van der Waals surface area contributed by atoms with Gasteiger partial charge >= 0.3 is 0 Å². The Kier molecular flexibility index (Phi) is 5.30. The van der Waals surface area contributed by atoms with Gasteiger partial charge in [-0.15, -0.1) is 0 Å². The van der Waals surface area contributed by atoms with Crippen LogP contribution in [0.4, 0.5) is 0 Å². The number of rotatable bonds is 6. The molecule has 0 atom stereocenters. The molecule has 1 aliphatic rings. The van der Waals surface area contributed by atoms with E-state index in [1.165, 1.54) is 0 Å². The number of fused-ring (bicyclic) bond motifs is 2. The summed E-state index contributed by atoms with van der Waals surface area (Å²) in [4.78, 5) is 26.3. The van der Waals surface area contributed by atoms with E-state index < -0.39 is 0 Å². The summed E-state index contributed by atoms with van der Waals surface area (Å²) in [6.07, 6.45) is 1.15. The van der Waals surface area contributed by atoms with Crippen molar-refractivity contribution < 1.29 is 19.8 Å². The third-order valence-corrected chi connectivity index (χ3v) is 6.05. The molecule has 0 spiro atoms. The van der Waals surface area contributed by atoms with Crippen molar-refractivity contribution in [2.75, 3.05) is 13.2 Å². The smallest absolute Gasteiger partial charge is 0.194 e. The molecule has 0 amide bonds. The molecule has 0 aromatic heterocycles. The molecular formula is C24H28O4. The second-order valence-corrected chi connectivity index (χ2v) is 8.89. The lowest BCUT2D eigenvalue weighted by Crippen LogP contribution is -2.26. The third-order valence-electron chi connectivity index (χ3n) is 6.05. The Hall–Kier alpha value is -2.30. The molecule has 4 nitrogen and oxygen atoms in total. The van der Waals surface area contributed by atoms with Crippen LogP contribution in [0.25, 0.3) is 0 Å². The molecule has 28 heavy (non-hydrogen) atoms. The average molecular weight is 380 g/mol. The highest BCUT2D eigenvalue weighted by Crippen LogP contribution is 2.35. The van der Waals surface area contributed by atoms with Gasteiger partial charge in [0.1, 0.15) is 0 Å². The van der Waals surface area contributed by atoms with Crippen molar-refractivity contribution in [3.8, 4) is 0 Å². The summed E-state index contributed by atoms with van der Waals surface area (Å²) >= 11 is 0. The summed E-state index contributed by atoms with van der Waals surface area (Å²) in [6, 6.07) is 10.8. The van der Waals surface area contributed by atoms with Crippen molar-refractivity contribution in [3.05, 3.63) is 69.8 Å². The van der Waals surface area contributed by atoms with Gasteiger partial charge in [-0.2, -0.15) is 0 Å². The van der Waals surface area contributed by atoms with Gasteiger partial charge in [-0.1, -0.05) is 39.8 Å². The molecule has 0 unspecified atom stereocenters. The first kappa shape index (κ1) is 20.4. The fourth-order valence-corrected chi connectivity index (χ4v) is 3.84. The van der Waals surface area contributed by atoms with Crippen LogP contribution in [-0.2, 0) is 10.8 Å². The zero-order chi connectivity index (χ0) is 20.7. The Morgan fingerprint density at radius 1 is 0.643 bits per heavy atom. The summed E-state index contributed by atoms with van der Waals surface area (Å²) in [5.74, 6) is -0.282. The van der Waals surface area contributed by atoms with Gasteiger partial charge in [0.2, 0.25) is 0 Å². The van der Waals surface area contributed by atoms with Crippen molar-refractivity contribution in [2.24, 2.45) is 0 Å². The molecule has 2 N–H and O–H groups in total. The fraction of sp³-hybridized carbons (Fsp3) is 0.417. The van der Waals surface area contributed by atoms with Gasteiger partial charge in [0.15, 0.2) is 11.6 Å². The molecule has 0 fully saturated rings. The lowest BCUT2D eigenvalue weighted by atomic mass is 9.75. The van der Waals surface area contributed by atoms with Gasteiger partial charge in [0, 0.05) is 35.5 Å². The predicted octanol–water partition coefficient (Wildman–Crippen LogP) is 3.78. The van der Waals surface area contributed by atoms with Gasteiger partial charge < -0.3 is 10.2 Å². The maximum atomic E-state index is 13.1. The van der Waals surface area contributed by atoms with Crippen molar-refractivity contribution in [2.45, 2.75) is 51.4 Å². The van der Waals surface area contributed by atoms with E-state index in [4.69, 9.17) is 0 Å². The monoisotopic (exact) mass is 380 g/mol. The SMILES string of the molecule is CC(C)(CCO)c1ccc2c(c1)C(=O)c1ccc(C(C)(C)CCO)cc1C2=O. The molecule has 3 rings (SSSR count). The predicted molar refractivity (Wildman–Crippen MR) is 109 cm³/mol. The summed E-state index contributed by atoms with van der Waals surface area (Å²) in [7, 11) is 0. The minimum absolute atomic E-state index is 0.0617. The van der Waals surface area contributed by atoms with Crippen LogP contribution in [0.5, 0.6) is 0 Å². The first-order chi connectivity index (χ1) is 13.1. The molecular weight excluding hydrogens is 352 g/mol. The van der Waals surface area contributed by atoms with Crippen molar-refractivity contribution >= 4 is 11.6 Å². The molecule has 4 heteroatoms. The highest BCUT2D eigenvalue weighted by Gasteiger charge is 2.33. The molecule has 0 saturated carbocycles. The number of aliphatic hydroxyl groups is 2. The number of hydrogen-bond acceptors (Lipinski definition) is 4. The Bertz CT molecular complexity index is 860. The van der Waals surface area contributed by atoms with Gasteiger partial charge in [-0.3, -0.25) is 9.59 Å². The van der Waals surface area contributed by atoms with Crippen LogP contribution in [0, 0.1) is 0 Å². The molecule has 148 valence electrons. The van der Waals surface area contributed by atoms with E-state index in [1.54, 1.807) is 24.3 Å². The first-order valence-electron chi connectivity index (χ1n) is 9.72. The van der Waals surface area contributed by atoms with E-state index in [9.17, 15) is 19.8 Å². The van der Waals surface area contributed by atoms with Crippen LogP contribution >= 0.6 is 0 Å². The van der Waals surface area contributed by atoms with E-state index >= 15 is 0 Å². The van der Waals surface area contributed by atoms with E-state index in [0.717, 1.165) is 11.1 Å². The van der Waals surface area contributed by atoms with Gasteiger partial charge in [0.05, 0.1) is 0 Å². The van der Waals surface area contributed by atoms with E-state index in [-0.39, 0.29) is 35.6 Å². The van der Waals surface area contributed by atoms with Gasteiger partial charge in [0.25, 0.3) is 0 Å². The summed E-state index contributed by atoms with van der Waals surface area (Å²) in [5.41, 5.74) is 3.02. The van der Waals surface area contributed by atoms with Crippen molar-refractivity contribution in [1.29, 1.82) is 0 Å². The standard InChI is InChI=1S/C24H28O4/c1-23(2,9-11-25)15-5-7-17-19(13-15)21(27)18-8-6-16(14-20(18)22(17)28)24(3,4)10-12-26/h5-8,13-14,25-26H,9-12H2,1-4H3. The number of ketones is 2. The van der Waals surface area contributed by atoms with Crippen molar-refractivity contribution in [1.82, 2.24) is 0 Å². The Morgan fingerprint density at radius 2 is 1.00 bits per heavy atom. The second-order valence-electron chi connectivity index (χ2n) is 8.89. The summed E-state index contributed by atoms with van der Waals surface area (Å²) < 4.78 is 0. The maximum Gasteiger partial charge on any atom is 0.194 e. The van der Waals surface area contributed by atoms with Crippen LogP contribution in [0.15, 0.2) is 36.4 Å². The van der Waals surface area contributed by atoms with Crippen LogP contribution < -0.4 is 0 Å².